The first kappa shape index (κ1) is 18.9. The molecule has 19 heavy (non-hydrogen) atoms. The third-order valence-electron chi connectivity index (χ3n) is 4.25. The summed E-state index contributed by atoms with van der Waals surface area (Å²) in [6.07, 6.45) is 5.41. The van der Waals surface area contributed by atoms with E-state index in [0.717, 1.165) is 19.5 Å². The van der Waals surface area contributed by atoms with Crippen molar-refractivity contribution in [2.75, 3.05) is 13.1 Å². The monoisotopic (exact) mass is 325 g/mol. The zero-order valence-electron chi connectivity index (χ0n) is 11.0. The van der Waals surface area contributed by atoms with Gasteiger partial charge in [-0.1, -0.05) is 6.07 Å². The second-order valence-electron chi connectivity index (χ2n) is 5.32. The lowest BCUT2D eigenvalue weighted by atomic mass is 9.74. The molecule has 1 fully saturated rings. The number of nitrogens with two attached hydrogens (primary N) is 1. The summed E-state index contributed by atoms with van der Waals surface area (Å²) in [6, 6.07) is 2.42. The molecule has 0 amide bonds. The first-order chi connectivity index (χ1) is 7.71. The van der Waals surface area contributed by atoms with Crippen molar-refractivity contribution < 1.29 is 0 Å². The van der Waals surface area contributed by atoms with Crippen LogP contribution < -0.4 is 11.1 Å². The van der Waals surface area contributed by atoms with Crippen molar-refractivity contribution in [3.63, 3.8) is 0 Å². The van der Waals surface area contributed by atoms with Crippen LogP contribution in [0.4, 0.5) is 0 Å². The van der Waals surface area contributed by atoms with Gasteiger partial charge in [0.1, 0.15) is 0 Å². The molecule has 6 heteroatoms. The highest BCUT2D eigenvalue weighted by Gasteiger charge is 2.45. The predicted molar refractivity (Wildman–Crippen MR) is 85.9 cm³/mol. The third kappa shape index (κ3) is 3.17. The lowest BCUT2D eigenvalue weighted by Gasteiger charge is -2.37. The highest BCUT2D eigenvalue weighted by atomic mass is 35.5. The van der Waals surface area contributed by atoms with Crippen LogP contribution in [0, 0.1) is 12.3 Å². The number of nitrogens with one attached hydrogen (secondary N) is 1. The number of aromatic nitrogens is 1. The molecule has 1 unspecified atom stereocenters. The maximum Gasteiger partial charge on any atom is 0.0457 e. The number of halogens is 3. The van der Waals surface area contributed by atoms with Gasteiger partial charge in [-0.05, 0) is 55.8 Å². The van der Waals surface area contributed by atoms with Crippen molar-refractivity contribution in [2.24, 2.45) is 11.1 Å². The number of hydrogen-bond acceptors (Lipinski definition) is 3. The molecule has 3 N–H and O–H groups in total. The zero-order chi connectivity index (χ0) is 11.2. The van der Waals surface area contributed by atoms with Gasteiger partial charge in [0.2, 0.25) is 0 Å². The molecule has 2 heterocycles. The number of piperidine rings is 1. The number of nitrogens with zero attached hydrogens (tertiary/aromatic N) is 1. The fourth-order valence-corrected chi connectivity index (χ4v) is 3.22. The summed E-state index contributed by atoms with van der Waals surface area (Å²) in [6.45, 7) is 4.29. The van der Waals surface area contributed by atoms with Crippen LogP contribution in [0.5, 0.6) is 0 Å². The molecule has 1 aliphatic carbocycles. The van der Waals surface area contributed by atoms with Crippen LogP contribution in [0.25, 0.3) is 0 Å². The normalized spacial score (nSPS) is 22.7. The number of pyridine rings is 1. The molecular formula is C13H22Cl3N3. The lowest BCUT2D eigenvalue weighted by Crippen LogP contribution is -2.42. The van der Waals surface area contributed by atoms with E-state index in [2.05, 4.69) is 23.3 Å². The lowest BCUT2D eigenvalue weighted by molar-refractivity contribution is 0.173. The number of aryl methyl sites for hydroxylation is 1. The van der Waals surface area contributed by atoms with Crippen molar-refractivity contribution in [1.29, 1.82) is 0 Å². The minimum Gasteiger partial charge on any atom is -0.323 e. The van der Waals surface area contributed by atoms with E-state index in [0.29, 0.717) is 0 Å². The Bertz CT molecular complexity index is 420. The van der Waals surface area contributed by atoms with Crippen LogP contribution in [0.1, 0.15) is 35.7 Å². The smallest absolute Gasteiger partial charge is 0.0457 e. The van der Waals surface area contributed by atoms with Crippen molar-refractivity contribution in [3.05, 3.63) is 29.1 Å². The molecule has 1 spiro atoms. The summed E-state index contributed by atoms with van der Waals surface area (Å²) < 4.78 is 0. The number of fused-ring (bicyclic) bond motifs is 1. The Hall–Kier alpha value is -0.0600. The van der Waals surface area contributed by atoms with Crippen molar-refractivity contribution >= 4 is 37.2 Å². The van der Waals surface area contributed by atoms with E-state index in [1.54, 1.807) is 0 Å². The van der Waals surface area contributed by atoms with E-state index in [4.69, 9.17) is 5.73 Å². The summed E-state index contributed by atoms with van der Waals surface area (Å²) >= 11 is 0. The van der Waals surface area contributed by atoms with Crippen LogP contribution in [-0.2, 0) is 6.42 Å². The summed E-state index contributed by atoms with van der Waals surface area (Å²) in [5.41, 5.74) is 10.5. The molecule has 1 saturated heterocycles. The first-order valence-corrected chi connectivity index (χ1v) is 6.13. The van der Waals surface area contributed by atoms with Crippen LogP contribution in [0.2, 0.25) is 0 Å². The molecule has 1 aromatic heterocycles. The molecular weight excluding hydrogens is 305 g/mol. The van der Waals surface area contributed by atoms with Crippen LogP contribution >= 0.6 is 37.2 Å². The van der Waals surface area contributed by atoms with Crippen LogP contribution in [0.15, 0.2) is 12.3 Å². The highest BCUT2D eigenvalue weighted by molar-refractivity contribution is 5.86. The van der Waals surface area contributed by atoms with Gasteiger partial charge in [0, 0.05) is 17.9 Å². The van der Waals surface area contributed by atoms with Gasteiger partial charge in [0.25, 0.3) is 0 Å². The maximum absolute atomic E-state index is 6.46. The second-order valence-corrected chi connectivity index (χ2v) is 5.32. The fourth-order valence-electron chi connectivity index (χ4n) is 3.22. The van der Waals surface area contributed by atoms with Gasteiger partial charge in [-0.25, -0.2) is 0 Å². The Kier molecular flexibility index (Phi) is 7.07. The Morgan fingerprint density at radius 3 is 2.53 bits per heavy atom. The Balaban J connectivity index is 0.00000108. The molecule has 0 aromatic carbocycles. The summed E-state index contributed by atoms with van der Waals surface area (Å²) in [7, 11) is 0. The molecule has 2 aliphatic rings. The molecule has 1 aliphatic heterocycles. The molecule has 1 atom stereocenters. The molecule has 110 valence electrons. The number of hydrogen-bond donors (Lipinski definition) is 2. The van der Waals surface area contributed by atoms with Gasteiger partial charge in [0.05, 0.1) is 0 Å². The molecule has 3 nitrogen and oxygen atoms in total. The Morgan fingerprint density at radius 1 is 1.26 bits per heavy atom. The third-order valence-corrected chi connectivity index (χ3v) is 4.25. The average molecular weight is 327 g/mol. The van der Waals surface area contributed by atoms with Crippen molar-refractivity contribution in [2.45, 2.75) is 32.2 Å². The summed E-state index contributed by atoms with van der Waals surface area (Å²) in [4.78, 5) is 4.56. The van der Waals surface area contributed by atoms with Crippen LogP contribution in [0.3, 0.4) is 0 Å². The minimum atomic E-state index is 0. The van der Waals surface area contributed by atoms with E-state index in [1.165, 1.54) is 29.7 Å². The Labute approximate surface area is 133 Å². The quantitative estimate of drug-likeness (QED) is 0.770. The van der Waals surface area contributed by atoms with Crippen LogP contribution in [-0.4, -0.2) is 18.1 Å². The SMILES string of the molecule is Cc1cnc2c(c1)C(N)C1(CCNCC1)C2.Cl.Cl.Cl. The zero-order valence-corrected chi connectivity index (χ0v) is 13.5. The molecule has 0 saturated carbocycles. The topological polar surface area (TPSA) is 50.9 Å². The summed E-state index contributed by atoms with van der Waals surface area (Å²) in [5, 5.41) is 3.42. The van der Waals surface area contributed by atoms with Gasteiger partial charge in [-0.15, -0.1) is 37.2 Å². The first-order valence-electron chi connectivity index (χ1n) is 6.13. The fraction of sp³-hybridized carbons (Fsp3) is 0.615. The van der Waals surface area contributed by atoms with Gasteiger partial charge < -0.3 is 11.1 Å². The van der Waals surface area contributed by atoms with E-state index in [9.17, 15) is 0 Å². The van der Waals surface area contributed by atoms with E-state index < -0.39 is 0 Å². The second kappa shape index (κ2) is 7.09. The van der Waals surface area contributed by atoms with Gasteiger partial charge in [0.15, 0.2) is 0 Å². The van der Waals surface area contributed by atoms with Gasteiger partial charge in [-0.2, -0.15) is 0 Å². The molecule has 0 radical (unpaired) electrons. The molecule has 1 aromatic rings. The van der Waals surface area contributed by atoms with Crippen molar-refractivity contribution in [3.8, 4) is 0 Å². The predicted octanol–water partition coefficient (Wildman–Crippen LogP) is 2.58. The number of rotatable bonds is 0. The van der Waals surface area contributed by atoms with Gasteiger partial charge in [-0.3, -0.25) is 4.98 Å². The van der Waals surface area contributed by atoms with E-state index in [1.807, 2.05) is 6.20 Å². The molecule has 3 rings (SSSR count). The van der Waals surface area contributed by atoms with E-state index >= 15 is 0 Å². The summed E-state index contributed by atoms with van der Waals surface area (Å²) in [5.74, 6) is 0. The maximum atomic E-state index is 6.46. The van der Waals surface area contributed by atoms with Crippen molar-refractivity contribution in [1.82, 2.24) is 10.3 Å². The van der Waals surface area contributed by atoms with Gasteiger partial charge >= 0.3 is 0 Å². The Morgan fingerprint density at radius 2 is 1.89 bits per heavy atom. The standard InChI is InChI=1S/C13H19N3.3ClH/c1-9-6-10-11(16-8-9)7-13(12(10)14)2-4-15-5-3-13;;;/h6,8,12,15H,2-5,7,14H2,1H3;3*1H. The molecule has 0 bridgehead atoms. The average Bonchev–Trinajstić information content (AvgIpc) is 2.55. The minimum absolute atomic E-state index is 0. The highest BCUT2D eigenvalue weighted by Crippen LogP contribution is 2.49. The van der Waals surface area contributed by atoms with E-state index in [-0.39, 0.29) is 48.7 Å². The largest absolute Gasteiger partial charge is 0.323 e.